The molecule has 1 aliphatic heterocycles. The first-order valence-electron chi connectivity index (χ1n) is 9.70. The molecule has 0 aromatic heterocycles. The lowest BCUT2D eigenvalue weighted by Crippen LogP contribution is -2.68. The van der Waals surface area contributed by atoms with Crippen molar-refractivity contribution in [3.63, 3.8) is 0 Å². The van der Waals surface area contributed by atoms with Crippen LogP contribution >= 0.6 is 11.8 Å². The second kappa shape index (κ2) is 10.7. The van der Waals surface area contributed by atoms with E-state index in [2.05, 4.69) is 116 Å². The highest BCUT2D eigenvalue weighted by Crippen LogP contribution is 2.44. The minimum absolute atomic E-state index is 1.23. The summed E-state index contributed by atoms with van der Waals surface area (Å²) in [5, 5.41) is 0. The van der Waals surface area contributed by atoms with Crippen LogP contribution in [-0.4, -0.2) is 24.4 Å². The smallest absolute Gasteiger partial charge is 0.207 e. The maximum Gasteiger partial charge on any atom is 0.207 e. The van der Waals surface area contributed by atoms with Gasteiger partial charge in [-0.1, -0.05) is 84.6 Å². The Bertz CT molecular complexity index is 1070. The lowest BCUT2D eigenvalue weighted by molar-refractivity contribution is -2.00. The molecule has 4 rings (SSSR count). The Morgan fingerprint density at radius 1 is 0.688 bits per heavy atom. The Morgan fingerprint density at radius 2 is 1.12 bits per heavy atom. The van der Waals surface area contributed by atoms with E-state index >= 15 is 0 Å². The van der Waals surface area contributed by atoms with Gasteiger partial charge in [0.1, 0.15) is 14.1 Å². The predicted molar refractivity (Wildman–Crippen MR) is 119 cm³/mol. The first-order chi connectivity index (χ1) is 15.2. The fourth-order valence-corrected chi connectivity index (χ4v) is 4.37. The second-order valence-electron chi connectivity index (χ2n) is 7.10. The Balaban J connectivity index is 0.000000523. The lowest BCUT2D eigenvalue weighted by Gasteiger charge is -2.19. The molecule has 0 amide bonds. The molecule has 0 radical (unpaired) electrons. The minimum atomic E-state index is -4.94. The van der Waals surface area contributed by atoms with Gasteiger partial charge in [0.15, 0.2) is 0 Å². The van der Waals surface area contributed by atoms with E-state index in [0.717, 1.165) is 0 Å². The normalized spacial score (nSPS) is 15.6. The molecule has 32 heavy (non-hydrogen) atoms. The molecule has 0 atom stereocenters. The molecule has 0 fully saturated rings. The summed E-state index contributed by atoms with van der Waals surface area (Å²) in [7, 11) is -0.749. The van der Waals surface area contributed by atoms with E-state index in [-0.39, 0.29) is 0 Å². The third-order valence-corrected chi connectivity index (χ3v) is 5.75. The van der Waals surface area contributed by atoms with Gasteiger partial charge in [-0.05, 0) is 34.9 Å². The summed E-state index contributed by atoms with van der Waals surface area (Å²) < 4.78 is 36.1. The number of hydrogen-bond donors (Lipinski definition) is 0. The molecule has 0 spiro atoms. The Kier molecular flexibility index (Phi) is 8.04. The number of nitrogens with zero attached hydrogens (tertiary/aromatic N) is 1. The van der Waals surface area contributed by atoms with Gasteiger partial charge in [-0.3, -0.25) is 0 Å². The third kappa shape index (κ3) is 6.90. The van der Waals surface area contributed by atoms with Crippen molar-refractivity contribution in [2.24, 2.45) is 0 Å². The predicted octanol–water partition coefficient (Wildman–Crippen LogP) is 1.20. The van der Waals surface area contributed by atoms with Crippen LogP contribution in [0.25, 0.3) is 9.81 Å². The van der Waals surface area contributed by atoms with Gasteiger partial charge in [-0.15, -0.1) is 10.2 Å². The van der Waals surface area contributed by atoms with Gasteiger partial charge in [0.2, 0.25) is 5.71 Å². The summed E-state index contributed by atoms with van der Waals surface area (Å²) >= 11 is 1.84. The average Bonchev–Trinajstić information content (AvgIpc) is 2.79. The first kappa shape index (κ1) is 23.9. The van der Waals surface area contributed by atoms with Crippen LogP contribution in [0.5, 0.6) is 0 Å². The van der Waals surface area contributed by atoms with Crippen LogP contribution in [0.2, 0.25) is 0 Å². The fourth-order valence-electron chi connectivity index (χ4n) is 3.25. The zero-order valence-electron chi connectivity index (χ0n) is 17.6. The maximum absolute atomic E-state index is 8.49. The Labute approximate surface area is 194 Å². The molecule has 2 aliphatic rings. The second-order valence-corrected chi connectivity index (χ2v) is 8.94. The summed E-state index contributed by atoms with van der Waals surface area (Å²) in [5.74, 6) is 0. The molecule has 1 aliphatic carbocycles. The zero-order valence-corrected chi connectivity index (χ0v) is 19.2. The summed E-state index contributed by atoms with van der Waals surface area (Å²) in [6.45, 7) is 0. The van der Waals surface area contributed by atoms with E-state index in [9.17, 15) is 0 Å². The van der Waals surface area contributed by atoms with Crippen LogP contribution < -0.4 is 18.6 Å². The molecule has 0 bridgehead atoms. The molecule has 0 N–H and O–H groups in total. The summed E-state index contributed by atoms with van der Waals surface area (Å²) in [5.41, 5.74) is 6.24. The van der Waals surface area contributed by atoms with E-state index in [0.29, 0.717) is 0 Å². The van der Waals surface area contributed by atoms with Crippen molar-refractivity contribution < 1.29 is 33.5 Å². The molecule has 7 heteroatoms. The molecule has 164 valence electrons. The first-order valence-corrected chi connectivity index (χ1v) is 11.7. The molecule has 0 saturated heterocycles. The minimum Gasteiger partial charge on any atom is -0.235 e. The van der Waals surface area contributed by atoms with Crippen LogP contribution in [0.15, 0.2) is 108 Å². The van der Waals surface area contributed by atoms with Crippen molar-refractivity contribution in [3.8, 4) is 0 Å². The number of rotatable bonds is 2. The topological polar surface area (TPSA) is 95.2 Å². The Hall–Kier alpha value is -2.71. The molecule has 1 heterocycles. The van der Waals surface area contributed by atoms with E-state index in [4.69, 9.17) is 18.6 Å². The van der Waals surface area contributed by atoms with E-state index in [1.807, 2.05) is 11.8 Å². The summed E-state index contributed by atoms with van der Waals surface area (Å²) in [6, 6.07) is 21.3. The van der Waals surface area contributed by atoms with Gasteiger partial charge < -0.3 is 0 Å². The maximum atomic E-state index is 8.49. The van der Waals surface area contributed by atoms with Gasteiger partial charge in [-0.2, -0.15) is 0 Å². The van der Waals surface area contributed by atoms with Crippen LogP contribution in [0.3, 0.4) is 0 Å². The van der Waals surface area contributed by atoms with Crippen LogP contribution in [0.1, 0.15) is 11.1 Å². The standard InChI is InChI=1S/C25H22NS.ClHO4/c1-26(2)23-16-10-9-15-22(23)21-17-24(19-11-5-3-6-12-19)27-25(18-21)20-13-7-4-8-14-20;2-1(3,4)5/h3-18H,1-2H3;(H,2,3,4,5)/q+1;/p-1. The van der Waals surface area contributed by atoms with E-state index in [1.165, 1.54) is 37.8 Å². The SMILES string of the molecule is C[N+](C)=C1C=CC=CC1=C1C=C(c2ccccc2)SC(c2ccccc2)=C1.[O-][Cl+3]([O-])([O-])[O-]. The van der Waals surface area contributed by atoms with Crippen molar-refractivity contribution in [1.82, 2.24) is 0 Å². The summed E-state index contributed by atoms with van der Waals surface area (Å²) in [6.07, 6.45) is 13.2. The molecule has 0 saturated carbocycles. The highest BCUT2D eigenvalue weighted by atomic mass is 35.7. The number of thioether (sulfide) groups is 1. The molecule has 0 unspecified atom stereocenters. The molecular weight excluding hydrogens is 446 g/mol. The highest BCUT2D eigenvalue weighted by Gasteiger charge is 2.20. The van der Waals surface area contributed by atoms with Crippen molar-refractivity contribution in [1.29, 1.82) is 0 Å². The van der Waals surface area contributed by atoms with Crippen molar-refractivity contribution in [2.45, 2.75) is 0 Å². The van der Waals surface area contributed by atoms with Crippen molar-refractivity contribution >= 4 is 27.3 Å². The molecule has 2 aromatic rings. The third-order valence-electron chi connectivity index (χ3n) is 4.61. The largest absolute Gasteiger partial charge is 0.235 e. The van der Waals surface area contributed by atoms with E-state index in [1.54, 1.807) is 0 Å². The van der Waals surface area contributed by atoms with Gasteiger partial charge in [-0.25, -0.2) is 23.2 Å². The van der Waals surface area contributed by atoms with Crippen LogP contribution in [0.4, 0.5) is 0 Å². The van der Waals surface area contributed by atoms with Crippen molar-refractivity contribution in [3.05, 3.63) is 119 Å². The highest BCUT2D eigenvalue weighted by molar-refractivity contribution is 8.16. The quantitative estimate of drug-likeness (QED) is 0.618. The fraction of sp³-hybridized carbons (Fsp3) is 0.0800. The van der Waals surface area contributed by atoms with Crippen molar-refractivity contribution in [2.75, 3.05) is 14.1 Å². The van der Waals surface area contributed by atoms with Crippen LogP contribution in [-0.2, 0) is 0 Å². The summed E-state index contributed by atoms with van der Waals surface area (Å²) in [4.78, 5) is 2.56. The number of halogens is 1. The zero-order chi connectivity index (χ0) is 23.1. The van der Waals surface area contributed by atoms with Gasteiger partial charge >= 0.3 is 0 Å². The number of benzene rings is 2. The molecule has 5 nitrogen and oxygen atoms in total. The number of allylic oxidation sites excluding steroid dienone is 8. The van der Waals surface area contributed by atoms with Gasteiger partial charge in [0, 0.05) is 15.9 Å². The molecular formula is C25H22ClNO4S. The Morgan fingerprint density at radius 3 is 1.56 bits per heavy atom. The monoisotopic (exact) mass is 467 g/mol. The van der Waals surface area contributed by atoms with Gasteiger partial charge in [0.05, 0.1) is 5.57 Å². The number of hydrogen-bond acceptors (Lipinski definition) is 5. The molecule has 2 aromatic carbocycles. The van der Waals surface area contributed by atoms with Gasteiger partial charge in [0.25, 0.3) is 0 Å². The van der Waals surface area contributed by atoms with E-state index < -0.39 is 10.2 Å². The lowest BCUT2D eigenvalue weighted by atomic mass is 9.96. The average molecular weight is 468 g/mol. The van der Waals surface area contributed by atoms with Crippen LogP contribution in [0, 0.1) is 10.2 Å².